The number of H-pyrrole nitrogens is 1. The summed E-state index contributed by atoms with van der Waals surface area (Å²) < 4.78 is 11.4. The number of hydrogen-bond donors (Lipinski definition) is 1. The Morgan fingerprint density at radius 3 is 2.78 bits per heavy atom. The molecule has 27 heavy (non-hydrogen) atoms. The Labute approximate surface area is 158 Å². The summed E-state index contributed by atoms with van der Waals surface area (Å²) in [6.45, 7) is 7.03. The van der Waals surface area contributed by atoms with Gasteiger partial charge in [0.25, 0.3) is 0 Å². The topological polar surface area (TPSA) is 67.4 Å². The third kappa shape index (κ3) is 3.74. The molecule has 1 aliphatic heterocycles. The number of carbonyl (C=O) groups is 1. The zero-order valence-corrected chi connectivity index (χ0v) is 15.8. The van der Waals surface area contributed by atoms with Crippen molar-refractivity contribution in [3.8, 4) is 16.9 Å². The Morgan fingerprint density at radius 1 is 1.19 bits per heavy atom. The van der Waals surface area contributed by atoms with Crippen LogP contribution in [-0.4, -0.2) is 39.9 Å². The predicted molar refractivity (Wildman–Crippen MR) is 104 cm³/mol. The lowest BCUT2D eigenvalue weighted by Gasteiger charge is -2.26. The van der Waals surface area contributed by atoms with Crippen molar-refractivity contribution in [1.29, 1.82) is 0 Å². The molecule has 0 radical (unpaired) electrons. The number of amides is 1. The smallest absolute Gasteiger partial charge is 0.410 e. The van der Waals surface area contributed by atoms with E-state index in [4.69, 9.17) is 9.47 Å². The van der Waals surface area contributed by atoms with Crippen LogP contribution in [0.4, 0.5) is 4.79 Å². The number of fused-ring (bicyclic) bond motifs is 2. The quantitative estimate of drug-likeness (QED) is 0.696. The number of rotatable bonds is 1. The molecule has 2 heterocycles. The van der Waals surface area contributed by atoms with Crippen molar-refractivity contribution in [3.63, 3.8) is 0 Å². The molecule has 1 amide bonds. The highest BCUT2D eigenvalue weighted by Crippen LogP contribution is 2.31. The minimum atomic E-state index is -0.519. The molecule has 3 aromatic rings. The molecule has 0 spiro atoms. The van der Waals surface area contributed by atoms with Crippen molar-refractivity contribution in [3.05, 3.63) is 48.2 Å². The van der Waals surface area contributed by atoms with Gasteiger partial charge < -0.3 is 14.4 Å². The van der Waals surface area contributed by atoms with E-state index in [1.54, 1.807) is 4.90 Å². The Kier molecular flexibility index (Phi) is 4.26. The van der Waals surface area contributed by atoms with Gasteiger partial charge in [-0.3, -0.25) is 5.10 Å². The van der Waals surface area contributed by atoms with E-state index in [0.717, 1.165) is 33.3 Å². The molecule has 6 nitrogen and oxygen atoms in total. The van der Waals surface area contributed by atoms with Crippen LogP contribution in [0.2, 0.25) is 0 Å². The first-order valence-electron chi connectivity index (χ1n) is 9.06. The van der Waals surface area contributed by atoms with Crippen LogP contribution in [0.25, 0.3) is 22.0 Å². The molecule has 1 N–H and O–H groups in total. The van der Waals surface area contributed by atoms with Gasteiger partial charge in [0.1, 0.15) is 18.0 Å². The second kappa shape index (κ2) is 6.61. The number of ether oxygens (including phenoxy) is 2. The second-order valence-electron chi connectivity index (χ2n) is 7.74. The van der Waals surface area contributed by atoms with Gasteiger partial charge in [-0.15, -0.1) is 0 Å². The maximum absolute atomic E-state index is 12.5. The van der Waals surface area contributed by atoms with Gasteiger partial charge in [-0.1, -0.05) is 18.2 Å². The van der Waals surface area contributed by atoms with Gasteiger partial charge in [0.15, 0.2) is 0 Å². The van der Waals surface area contributed by atoms with Crippen molar-refractivity contribution < 1.29 is 14.3 Å². The van der Waals surface area contributed by atoms with E-state index in [1.165, 1.54) is 0 Å². The lowest BCUT2D eigenvalue weighted by molar-refractivity contribution is 0.0225. The summed E-state index contributed by atoms with van der Waals surface area (Å²) in [5.74, 6) is 0.812. The molecule has 0 fully saturated rings. The van der Waals surface area contributed by atoms with Gasteiger partial charge in [0.05, 0.1) is 24.8 Å². The van der Waals surface area contributed by atoms with Crippen molar-refractivity contribution in [2.75, 3.05) is 13.2 Å². The number of aromatic nitrogens is 2. The molecule has 1 aliphatic rings. The normalized spacial score (nSPS) is 14.4. The highest BCUT2D eigenvalue weighted by Gasteiger charge is 2.25. The van der Waals surface area contributed by atoms with E-state index >= 15 is 0 Å². The maximum Gasteiger partial charge on any atom is 0.410 e. The summed E-state index contributed by atoms with van der Waals surface area (Å²) in [7, 11) is 0. The molecule has 4 rings (SSSR count). The number of nitrogens with zero attached hydrogens (tertiary/aromatic N) is 2. The summed E-state index contributed by atoms with van der Waals surface area (Å²) in [5.41, 5.74) is 3.60. The van der Waals surface area contributed by atoms with Crippen LogP contribution in [0.1, 0.15) is 26.3 Å². The number of hydrogen-bond acceptors (Lipinski definition) is 4. The fourth-order valence-electron chi connectivity index (χ4n) is 3.17. The Bertz CT molecular complexity index is 988. The number of aromatic amines is 1. The Hall–Kier alpha value is -3.02. The average Bonchev–Trinajstić information content (AvgIpc) is 2.97. The molecule has 0 aliphatic carbocycles. The molecular weight excluding hydrogens is 342 g/mol. The highest BCUT2D eigenvalue weighted by molar-refractivity contribution is 5.84. The average molecular weight is 365 g/mol. The highest BCUT2D eigenvalue weighted by atomic mass is 16.6. The van der Waals surface area contributed by atoms with Gasteiger partial charge in [0.2, 0.25) is 0 Å². The van der Waals surface area contributed by atoms with Gasteiger partial charge >= 0.3 is 6.09 Å². The molecule has 1 aromatic heterocycles. The Balaban J connectivity index is 1.63. The first-order valence-corrected chi connectivity index (χ1v) is 9.06. The molecule has 0 saturated heterocycles. The van der Waals surface area contributed by atoms with Crippen LogP contribution in [0, 0.1) is 0 Å². The van der Waals surface area contributed by atoms with E-state index in [9.17, 15) is 4.79 Å². The molecule has 0 bridgehead atoms. The SMILES string of the molecule is CC(C)(C)OC(=O)N1CCOc2ccc(-c3ccc4cn[nH]c4c3)cc2C1. The van der Waals surface area contributed by atoms with Gasteiger partial charge in [0, 0.05) is 10.9 Å². The Morgan fingerprint density at radius 2 is 1.96 bits per heavy atom. The van der Waals surface area contributed by atoms with Crippen molar-refractivity contribution in [2.45, 2.75) is 32.9 Å². The molecule has 0 atom stereocenters. The van der Waals surface area contributed by atoms with E-state index in [1.807, 2.05) is 45.2 Å². The van der Waals surface area contributed by atoms with E-state index in [0.29, 0.717) is 19.7 Å². The first kappa shape index (κ1) is 17.4. The van der Waals surface area contributed by atoms with Gasteiger partial charge in [-0.2, -0.15) is 5.10 Å². The summed E-state index contributed by atoms with van der Waals surface area (Å²) in [6, 6.07) is 12.3. The number of carbonyl (C=O) groups excluding carboxylic acids is 1. The summed E-state index contributed by atoms with van der Waals surface area (Å²) in [4.78, 5) is 14.2. The van der Waals surface area contributed by atoms with Crippen LogP contribution < -0.4 is 4.74 Å². The van der Waals surface area contributed by atoms with Crippen LogP contribution >= 0.6 is 0 Å². The molecule has 2 aromatic carbocycles. The standard InChI is InChI=1S/C21H23N3O3/c1-21(2,3)27-20(25)24-8-9-26-19-7-6-14(10-17(19)13-24)15-4-5-16-12-22-23-18(16)11-15/h4-7,10-12H,8-9,13H2,1-3H3,(H,22,23). The van der Waals surface area contributed by atoms with E-state index < -0.39 is 5.60 Å². The van der Waals surface area contributed by atoms with Crippen LogP contribution in [0.5, 0.6) is 5.75 Å². The van der Waals surface area contributed by atoms with Crippen LogP contribution in [-0.2, 0) is 11.3 Å². The predicted octanol–water partition coefficient (Wildman–Crippen LogP) is 4.36. The third-order valence-electron chi connectivity index (χ3n) is 4.47. The zero-order valence-electron chi connectivity index (χ0n) is 15.8. The molecule has 6 heteroatoms. The van der Waals surface area contributed by atoms with Gasteiger partial charge in [-0.25, -0.2) is 4.79 Å². The van der Waals surface area contributed by atoms with E-state index in [2.05, 4.69) is 28.4 Å². The molecule has 140 valence electrons. The lowest BCUT2D eigenvalue weighted by Crippen LogP contribution is -2.37. The largest absolute Gasteiger partial charge is 0.491 e. The molecular formula is C21H23N3O3. The molecule has 0 unspecified atom stereocenters. The van der Waals surface area contributed by atoms with Crippen LogP contribution in [0.15, 0.2) is 42.6 Å². The lowest BCUT2D eigenvalue weighted by atomic mass is 10.0. The number of nitrogens with one attached hydrogen (secondary N) is 1. The minimum absolute atomic E-state index is 0.316. The molecule has 0 saturated carbocycles. The van der Waals surface area contributed by atoms with Gasteiger partial charge in [-0.05, 0) is 50.1 Å². The van der Waals surface area contributed by atoms with Crippen molar-refractivity contribution in [2.24, 2.45) is 0 Å². The maximum atomic E-state index is 12.5. The van der Waals surface area contributed by atoms with Crippen molar-refractivity contribution >= 4 is 17.0 Å². The monoisotopic (exact) mass is 365 g/mol. The summed E-state index contributed by atoms with van der Waals surface area (Å²) in [5, 5.41) is 8.15. The fourth-order valence-corrected chi connectivity index (χ4v) is 3.17. The second-order valence-corrected chi connectivity index (χ2v) is 7.74. The summed E-state index contributed by atoms with van der Waals surface area (Å²) >= 11 is 0. The first-order chi connectivity index (χ1) is 12.9. The zero-order chi connectivity index (χ0) is 19.0. The van der Waals surface area contributed by atoms with E-state index in [-0.39, 0.29) is 6.09 Å². The summed E-state index contributed by atoms with van der Waals surface area (Å²) in [6.07, 6.45) is 1.49. The minimum Gasteiger partial charge on any atom is -0.491 e. The van der Waals surface area contributed by atoms with Crippen molar-refractivity contribution in [1.82, 2.24) is 15.1 Å². The fraction of sp³-hybridized carbons (Fsp3) is 0.333. The number of benzene rings is 2. The third-order valence-corrected chi connectivity index (χ3v) is 4.47. The van der Waals surface area contributed by atoms with Crippen LogP contribution in [0.3, 0.4) is 0 Å².